The first-order chi connectivity index (χ1) is 8.33. The summed E-state index contributed by atoms with van der Waals surface area (Å²) < 4.78 is 23.1. The third kappa shape index (κ3) is 1.32. The van der Waals surface area contributed by atoms with Crippen molar-refractivity contribution < 1.29 is 18.9 Å². The molecule has 0 aromatic heterocycles. The van der Waals surface area contributed by atoms with Gasteiger partial charge in [-0.2, -0.15) is 0 Å². The summed E-state index contributed by atoms with van der Waals surface area (Å²) in [6.45, 7) is 2.71. The van der Waals surface area contributed by atoms with E-state index in [9.17, 15) is 0 Å². The van der Waals surface area contributed by atoms with Crippen LogP contribution >= 0.6 is 0 Å². The molecule has 2 spiro atoms. The van der Waals surface area contributed by atoms with Crippen LogP contribution in [-0.4, -0.2) is 38.0 Å². The lowest BCUT2D eigenvalue weighted by molar-refractivity contribution is -0.191. The normalized spacial score (nSPS) is 40.5. The maximum atomic E-state index is 5.78. The molecule has 0 aromatic rings. The SMILES string of the molecule is C1=CC2(OCCO2)[C@@H]2C=CC3(OCCO3)[C@H]1C2. The molecule has 0 amide bonds. The zero-order valence-electron chi connectivity index (χ0n) is 9.63. The molecule has 0 radical (unpaired) electrons. The van der Waals surface area contributed by atoms with E-state index in [2.05, 4.69) is 24.3 Å². The average Bonchev–Trinajstić information content (AvgIpc) is 2.99. The Morgan fingerprint density at radius 3 is 1.53 bits per heavy atom. The fourth-order valence-electron chi connectivity index (χ4n) is 3.28. The van der Waals surface area contributed by atoms with Crippen molar-refractivity contribution in [1.29, 1.82) is 0 Å². The first kappa shape index (κ1) is 10.3. The zero-order valence-corrected chi connectivity index (χ0v) is 9.63. The molecule has 2 bridgehead atoms. The lowest BCUT2D eigenvalue weighted by Gasteiger charge is -2.44. The van der Waals surface area contributed by atoms with E-state index in [1.165, 1.54) is 0 Å². The van der Waals surface area contributed by atoms with E-state index in [0.29, 0.717) is 26.4 Å². The van der Waals surface area contributed by atoms with Crippen LogP contribution in [0, 0.1) is 11.8 Å². The summed E-state index contributed by atoms with van der Waals surface area (Å²) in [7, 11) is 0. The maximum absolute atomic E-state index is 5.78. The summed E-state index contributed by atoms with van der Waals surface area (Å²) in [6.07, 6.45) is 9.34. The van der Waals surface area contributed by atoms with Gasteiger partial charge >= 0.3 is 0 Å². The van der Waals surface area contributed by atoms with Gasteiger partial charge in [-0.05, 0) is 18.6 Å². The molecule has 0 aromatic carbocycles. The molecule has 2 atom stereocenters. The van der Waals surface area contributed by atoms with Gasteiger partial charge in [-0.15, -0.1) is 0 Å². The van der Waals surface area contributed by atoms with Crippen molar-refractivity contribution in [1.82, 2.24) is 0 Å². The van der Waals surface area contributed by atoms with Gasteiger partial charge in [-0.25, -0.2) is 0 Å². The van der Waals surface area contributed by atoms with Crippen LogP contribution in [-0.2, 0) is 18.9 Å². The Balaban J connectivity index is 1.69. The highest BCUT2D eigenvalue weighted by Crippen LogP contribution is 2.48. The third-order valence-electron chi connectivity index (χ3n) is 4.14. The first-order valence-electron chi connectivity index (χ1n) is 6.28. The van der Waals surface area contributed by atoms with Gasteiger partial charge in [0.05, 0.1) is 26.4 Å². The molecule has 2 aliphatic carbocycles. The van der Waals surface area contributed by atoms with E-state index in [-0.39, 0.29) is 11.8 Å². The fraction of sp³-hybridized carbons (Fsp3) is 0.692. The fourth-order valence-corrected chi connectivity index (χ4v) is 3.28. The van der Waals surface area contributed by atoms with Crippen molar-refractivity contribution in [2.24, 2.45) is 11.8 Å². The summed E-state index contributed by atoms with van der Waals surface area (Å²) in [6, 6.07) is 0. The molecule has 4 aliphatic rings. The average molecular weight is 236 g/mol. The minimum absolute atomic E-state index is 0.276. The topological polar surface area (TPSA) is 36.9 Å². The van der Waals surface area contributed by atoms with Crippen LogP contribution in [0.5, 0.6) is 0 Å². The van der Waals surface area contributed by atoms with Gasteiger partial charge in [0.1, 0.15) is 0 Å². The second-order valence-corrected chi connectivity index (χ2v) is 5.00. The number of fused-ring (bicyclic) bond motifs is 4. The van der Waals surface area contributed by atoms with E-state index < -0.39 is 11.6 Å². The van der Waals surface area contributed by atoms with Crippen LogP contribution in [0.1, 0.15) is 6.42 Å². The Hall–Kier alpha value is -0.680. The largest absolute Gasteiger partial charge is 0.343 e. The molecule has 4 heteroatoms. The van der Waals surface area contributed by atoms with Crippen LogP contribution < -0.4 is 0 Å². The summed E-state index contributed by atoms with van der Waals surface area (Å²) in [5, 5.41) is 0. The van der Waals surface area contributed by atoms with Crippen LogP contribution in [0.25, 0.3) is 0 Å². The molecule has 17 heavy (non-hydrogen) atoms. The Morgan fingerprint density at radius 2 is 1.12 bits per heavy atom. The molecular weight excluding hydrogens is 220 g/mol. The molecule has 4 nitrogen and oxygen atoms in total. The van der Waals surface area contributed by atoms with Crippen molar-refractivity contribution in [2.75, 3.05) is 26.4 Å². The lowest BCUT2D eigenvalue weighted by Crippen LogP contribution is -2.49. The van der Waals surface area contributed by atoms with Crippen molar-refractivity contribution in [3.63, 3.8) is 0 Å². The van der Waals surface area contributed by atoms with Gasteiger partial charge in [0.25, 0.3) is 0 Å². The van der Waals surface area contributed by atoms with E-state index >= 15 is 0 Å². The Kier molecular flexibility index (Phi) is 2.06. The molecule has 0 saturated carbocycles. The monoisotopic (exact) mass is 236 g/mol. The standard InChI is InChI=1S/C13H16O4/c1-3-12(14-5-6-15-12)11-2-4-13(10(1)9-11)16-7-8-17-13/h1-4,10-11H,5-9H2/t10-,11-/m1/s1. The quantitative estimate of drug-likeness (QED) is 0.593. The number of hydrogen-bond acceptors (Lipinski definition) is 4. The van der Waals surface area contributed by atoms with E-state index in [0.717, 1.165) is 6.42 Å². The second kappa shape index (κ2) is 3.42. The highest BCUT2D eigenvalue weighted by molar-refractivity contribution is 5.24. The third-order valence-corrected chi connectivity index (χ3v) is 4.14. The van der Waals surface area contributed by atoms with Crippen LogP contribution in [0.4, 0.5) is 0 Å². The minimum atomic E-state index is -0.521. The van der Waals surface area contributed by atoms with Gasteiger partial charge in [0.15, 0.2) is 11.6 Å². The number of hydrogen-bond donors (Lipinski definition) is 0. The zero-order chi connectivity index (χ0) is 11.3. The van der Waals surface area contributed by atoms with E-state index in [4.69, 9.17) is 18.9 Å². The highest BCUT2D eigenvalue weighted by atomic mass is 16.7. The van der Waals surface area contributed by atoms with E-state index in [1.54, 1.807) is 0 Å². The van der Waals surface area contributed by atoms with Crippen molar-refractivity contribution in [2.45, 2.75) is 18.0 Å². The minimum Gasteiger partial charge on any atom is -0.343 e. The summed E-state index contributed by atoms with van der Waals surface area (Å²) in [4.78, 5) is 0. The molecule has 2 fully saturated rings. The molecule has 0 N–H and O–H groups in total. The Bertz CT molecular complexity index is 339. The molecule has 2 saturated heterocycles. The van der Waals surface area contributed by atoms with Crippen LogP contribution in [0.15, 0.2) is 24.3 Å². The predicted molar refractivity (Wildman–Crippen MR) is 59.1 cm³/mol. The first-order valence-corrected chi connectivity index (χ1v) is 6.28. The maximum Gasteiger partial charge on any atom is 0.194 e. The molecule has 92 valence electrons. The molecule has 2 heterocycles. The number of rotatable bonds is 0. The molecular formula is C13H16O4. The van der Waals surface area contributed by atoms with Crippen molar-refractivity contribution in [3.8, 4) is 0 Å². The predicted octanol–water partition coefficient (Wildman–Crippen LogP) is 1.23. The lowest BCUT2D eigenvalue weighted by atomic mass is 9.74. The van der Waals surface area contributed by atoms with Crippen LogP contribution in [0.3, 0.4) is 0 Å². The van der Waals surface area contributed by atoms with Gasteiger partial charge in [-0.1, -0.05) is 12.2 Å². The van der Waals surface area contributed by atoms with Gasteiger partial charge in [-0.3, -0.25) is 0 Å². The smallest absolute Gasteiger partial charge is 0.194 e. The second-order valence-electron chi connectivity index (χ2n) is 5.00. The number of ether oxygens (including phenoxy) is 4. The van der Waals surface area contributed by atoms with Gasteiger partial charge in [0.2, 0.25) is 0 Å². The van der Waals surface area contributed by atoms with Crippen molar-refractivity contribution >= 4 is 0 Å². The van der Waals surface area contributed by atoms with Crippen molar-refractivity contribution in [3.05, 3.63) is 24.3 Å². The van der Waals surface area contributed by atoms with E-state index in [1.807, 2.05) is 0 Å². The molecule has 0 unspecified atom stereocenters. The summed E-state index contributed by atoms with van der Waals surface area (Å²) in [5.41, 5.74) is 0. The summed E-state index contributed by atoms with van der Waals surface area (Å²) in [5.74, 6) is -0.489. The van der Waals surface area contributed by atoms with Gasteiger partial charge in [0, 0.05) is 11.8 Å². The molecule has 2 aliphatic heterocycles. The molecule has 4 rings (SSSR count). The van der Waals surface area contributed by atoms with Gasteiger partial charge < -0.3 is 18.9 Å². The highest BCUT2D eigenvalue weighted by Gasteiger charge is 2.53. The van der Waals surface area contributed by atoms with Crippen LogP contribution in [0.2, 0.25) is 0 Å². The Morgan fingerprint density at radius 1 is 0.706 bits per heavy atom. The summed E-state index contributed by atoms with van der Waals surface area (Å²) >= 11 is 0. The Labute approximate surface area is 100 Å².